The van der Waals surface area contributed by atoms with Crippen molar-refractivity contribution in [2.75, 3.05) is 11.9 Å². The second-order valence-electron chi connectivity index (χ2n) is 5.42. The molecule has 0 fully saturated rings. The van der Waals surface area contributed by atoms with Crippen molar-refractivity contribution in [1.29, 1.82) is 0 Å². The Kier molecular flexibility index (Phi) is 4.55. The highest BCUT2D eigenvalue weighted by atomic mass is 35.5. The van der Waals surface area contributed by atoms with Gasteiger partial charge in [-0.25, -0.2) is 0 Å². The minimum Gasteiger partial charge on any atom is -0.489 e. The van der Waals surface area contributed by atoms with Gasteiger partial charge in [0.25, 0.3) is 0 Å². The summed E-state index contributed by atoms with van der Waals surface area (Å²) in [5.74, 6) is 0.958. The zero-order chi connectivity index (χ0) is 14.9. The van der Waals surface area contributed by atoms with Gasteiger partial charge in [0, 0.05) is 17.3 Å². The number of benzene rings is 1. The first-order valence-corrected chi connectivity index (χ1v) is 7.36. The van der Waals surface area contributed by atoms with Crippen LogP contribution in [0.1, 0.15) is 39.3 Å². The van der Waals surface area contributed by atoms with Crippen molar-refractivity contribution in [3.8, 4) is 5.75 Å². The van der Waals surface area contributed by atoms with E-state index in [9.17, 15) is 4.79 Å². The average Bonchev–Trinajstić information content (AvgIpc) is 2.67. The van der Waals surface area contributed by atoms with Crippen LogP contribution in [0.25, 0.3) is 0 Å². The minimum absolute atomic E-state index is 0.0491. The molecule has 4 nitrogen and oxygen atoms in total. The number of carbonyl (C=O) groups excluding carboxylic acids is 1. The Hall–Kier alpha value is -1.26. The van der Waals surface area contributed by atoms with Gasteiger partial charge in [0.15, 0.2) is 0 Å². The fourth-order valence-electron chi connectivity index (χ4n) is 2.10. The fraction of sp³-hybridized carbons (Fsp3) is 0.533. The summed E-state index contributed by atoms with van der Waals surface area (Å²) in [7, 11) is 0. The lowest BCUT2D eigenvalue weighted by Gasteiger charge is -2.19. The fourth-order valence-corrected chi connectivity index (χ4v) is 2.31. The van der Waals surface area contributed by atoms with Crippen LogP contribution in [0.4, 0.5) is 5.69 Å². The number of amides is 1. The number of ether oxygens (including phenoxy) is 1. The number of halogens is 1. The molecule has 0 spiro atoms. The van der Waals surface area contributed by atoms with Crippen molar-refractivity contribution < 1.29 is 9.53 Å². The molecular weight excluding hydrogens is 276 g/mol. The molecule has 1 aliphatic rings. The number of hydrogen-bond donors (Lipinski definition) is 2. The van der Waals surface area contributed by atoms with Gasteiger partial charge in [-0.15, -0.1) is 0 Å². The van der Waals surface area contributed by atoms with Gasteiger partial charge in [0.05, 0.1) is 11.1 Å². The zero-order valence-electron chi connectivity index (χ0n) is 12.3. The van der Waals surface area contributed by atoms with E-state index in [1.165, 1.54) is 0 Å². The SMILES string of the molecule is CCNC1C(=O)Nc2cc(OC(C)C(C)C)c(Cl)cc21. The normalized spacial score (nSPS) is 18.9. The van der Waals surface area contributed by atoms with E-state index in [1.54, 1.807) is 0 Å². The van der Waals surface area contributed by atoms with Crippen molar-refractivity contribution >= 4 is 23.2 Å². The Morgan fingerprint density at radius 2 is 2.10 bits per heavy atom. The third kappa shape index (κ3) is 2.91. The third-order valence-electron chi connectivity index (χ3n) is 3.60. The largest absolute Gasteiger partial charge is 0.489 e. The molecule has 0 bridgehead atoms. The lowest BCUT2D eigenvalue weighted by atomic mass is 10.1. The molecule has 1 aromatic rings. The Labute approximate surface area is 124 Å². The quantitative estimate of drug-likeness (QED) is 0.876. The molecule has 1 aliphatic heterocycles. The molecular formula is C15H21ClN2O2. The van der Waals surface area contributed by atoms with Crippen molar-refractivity contribution in [3.63, 3.8) is 0 Å². The highest BCUT2D eigenvalue weighted by molar-refractivity contribution is 6.32. The van der Waals surface area contributed by atoms with Crippen LogP contribution < -0.4 is 15.4 Å². The molecule has 0 saturated heterocycles. The maximum atomic E-state index is 11.9. The third-order valence-corrected chi connectivity index (χ3v) is 3.89. The predicted octanol–water partition coefficient (Wildman–Crippen LogP) is 3.37. The molecule has 2 atom stereocenters. The highest BCUT2D eigenvalue weighted by Crippen LogP contribution is 2.39. The molecule has 0 aromatic heterocycles. The Morgan fingerprint density at radius 1 is 1.40 bits per heavy atom. The smallest absolute Gasteiger partial charge is 0.246 e. The molecule has 0 aliphatic carbocycles. The van der Waals surface area contributed by atoms with Crippen molar-refractivity contribution in [2.24, 2.45) is 5.92 Å². The maximum absolute atomic E-state index is 11.9. The van der Waals surface area contributed by atoms with Crippen LogP contribution in [-0.2, 0) is 4.79 Å². The lowest BCUT2D eigenvalue weighted by molar-refractivity contribution is -0.117. The van der Waals surface area contributed by atoms with Crippen molar-refractivity contribution in [2.45, 2.75) is 39.8 Å². The topological polar surface area (TPSA) is 50.4 Å². The number of hydrogen-bond acceptors (Lipinski definition) is 3. The minimum atomic E-state index is -0.330. The van der Waals surface area contributed by atoms with Gasteiger partial charge in [-0.2, -0.15) is 0 Å². The summed E-state index contributed by atoms with van der Waals surface area (Å²) >= 11 is 6.28. The molecule has 110 valence electrons. The molecule has 2 unspecified atom stereocenters. The van der Waals surface area contributed by atoms with E-state index >= 15 is 0 Å². The first-order chi connectivity index (χ1) is 9.43. The second kappa shape index (κ2) is 6.02. The molecule has 1 heterocycles. The predicted molar refractivity (Wildman–Crippen MR) is 81.4 cm³/mol. The molecule has 1 amide bonds. The number of carbonyl (C=O) groups is 1. The highest BCUT2D eigenvalue weighted by Gasteiger charge is 2.31. The summed E-state index contributed by atoms with van der Waals surface area (Å²) < 4.78 is 5.86. The molecule has 2 rings (SSSR count). The van der Waals surface area contributed by atoms with E-state index in [-0.39, 0.29) is 18.1 Å². The van der Waals surface area contributed by atoms with E-state index in [0.717, 1.165) is 17.8 Å². The van der Waals surface area contributed by atoms with E-state index in [1.807, 2.05) is 26.0 Å². The molecule has 5 heteroatoms. The van der Waals surface area contributed by atoms with Gasteiger partial charge in [-0.05, 0) is 25.5 Å². The second-order valence-corrected chi connectivity index (χ2v) is 5.82. The Balaban J connectivity index is 2.29. The molecule has 0 radical (unpaired) electrons. The molecule has 2 N–H and O–H groups in total. The summed E-state index contributed by atoms with van der Waals surface area (Å²) in [6, 6.07) is 3.29. The summed E-state index contributed by atoms with van der Waals surface area (Å²) in [5.41, 5.74) is 1.66. The molecule has 1 aromatic carbocycles. The van der Waals surface area contributed by atoms with Gasteiger partial charge >= 0.3 is 0 Å². The average molecular weight is 297 g/mol. The van der Waals surface area contributed by atoms with Crippen LogP contribution >= 0.6 is 11.6 Å². The van der Waals surface area contributed by atoms with Crippen molar-refractivity contribution in [1.82, 2.24) is 5.32 Å². The summed E-state index contributed by atoms with van der Waals surface area (Å²) in [5, 5.41) is 6.54. The van der Waals surface area contributed by atoms with Gasteiger partial charge in [-0.3, -0.25) is 4.79 Å². The lowest BCUT2D eigenvalue weighted by Crippen LogP contribution is -2.27. The van der Waals surface area contributed by atoms with Crippen LogP contribution in [0.2, 0.25) is 5.02 Å². The summed E-state index contributed by atoms with van der Waals surface area (Å²) in [6.07, 6.45) is 0.0622. The van der Waals surface area contributed by atoms with E-state index in [0.29, 0.717) is 16.7 Å². The van der Waals surface area contributed by atoms with Crippen LogP contribution in [0.3, 0.4) is 0 Å². The van der Waals surface area contributed by atoms with E-state index in [4.69, 9.17) is 16.3 Å². The summed E-state index contributed by atoms with van der Waals surface area (Å²) in [6.45, 7) is 8.88. The monoisotopic (exact) mass is 296 g/mol. The number of fused-ring (bicyclic) bond motifs is 1. The van der Waals surface area contributed by atoms with Gasteiger partial charge in [0.2, 0.25) is 5.91 Å². The number of likely N-dealkylation sites (N-methyl/N-ethyl adjacent to an activating group) is 1. The Morgan fingerprint density at radius 3 is 2.70 bits per heavy atom. The van der Waals surface area contributed by atoms with Gasteiger partial charge in [-0.1, -0.05) is 32.4 Å². The summed E-state index contributed by atoms with van der Waals surface area (Å²) in [4.78, 5) is 11.9. The van der Waals surface area contributed by atoms with E-state index < -0.39 is 0 Å². The molecule has 0 saturated carbocycles. The van der Waals surface area contributed by atoms with Crippen LogP contribution in [0.15, 0.2) is 12.1 Å². The van der Waals surface area contributed by atoms with Crippen LogP contribution in [0.5, 0.6) is 5.75 Å². The van der Waals surface area contributed by atoms with Crippen molar-refractivity contribution in [3.05, 3.63) is 22.7 Å². The standard InChI is InChI=1S/C15H21ClN2O2/c1-5-17-14-10-6-11(16)13(20-9(4)8(2)3)7-12(10)18-15(14)19/h6-9,14,17H,5H2,1-4H3,(H,18,19). The maximum Gasteiger partial charge on any atom is 0.246 e. The number of anilines is 1. The first kappa shape index (κ1) is 15.1. The number of rotatable bonds is 5. The van der Waals surface area contributed by atoms with Gasteiger partial charge in [0.1, 0.15) is 11.8 Å². The molecule has 20 heavy (non-hydrogen) atoms. The van der Waals surface area contributed by atoms with Crippen LogP contribution in [0, 0.1) is 5.92 Å². The van der Waals surface area contributed by atoms with Crippen LogP contribution in [-0.4, -0.2) is 18.6 Å². The van der Waals surface area contributed by atoms with Gasteiger partial charge < -0.3 is 15.4 Å². The Bertz CT molecular complexity index is 517. The zero-order valence-corrected chi connectivity index (χ0v) is 13.0. The van der Waals surface area contributed by atoms with E-state index in [2.05, 4.69) is 24.5 Å². The first-order valence-electron chi connectivity index (χ1n) is 6.98. The number of nitrogens with one attached hydrogen (secondary N) is 2.